The summed E-state index contributed by atoms with van der Waals surface area (Å²) in [4.78, 5) is 11.7. The molecule has 1 saturated carbocycles. The highest BCUT2D eigenvalue weighted by Gasteiger charge is 2.25. The first-order valence-corrected chi connectivity index (χ1v) is 6.62. The number of carbonyl (C=O) groups excluding carboxylic acids is 1. The second-order valence-corrected chi connectivity index (χ2v) is 5.12. The van der Waals surface area contributed by atoms with Crippen molar-refractivity contribution in [2.45, 2.75) is 25.2 Å². The van der Waals surface area contributed by atoms with E-state index in [2.05, 4.69) is 15.5 Å². The zero-order chi connectivity index (χ0) is 11.7. The smallest absolute Gasteiger partial charge is 0.230 e. The van der Waals surface area contributed by atoms with Crippen molar-refractivity contribution >= 4 is 23.1 Å². The molecule has 2 N–H and O–H groups in total. The molecular weight excluding hydrogens is 234 g/mol. The number of rotatable bonds is 4. The number of aromatic amines is 1. The van der Waals surface area contributed by atoms with Gasteiger partial charge in [-0.05, 0) is 35.2 Å². The molecule has 1 amide bonds. The molecule has 0 saturated heterocycles. The number of hydrogen-bond donors (Lipinski definition) is 2. The first-order valence-electron chi connectivity index (χ1n) is 5.67. The SMILES string of the molecule is O=C(Cc1ccsc1)Nc1cc(C2CC2)[nH]n1. The summed E-state index contributed by atoms with van der Waals surface area (Å²) in [6.45, 7) is 0. The highest BCUT2D eigenvalue weighted by Crippen LogP contribution is 2.39. The molecule has 0 radical (unpaired) electrons. The van der Waals surface area contributed by atoms with Gasteiger partial charge in [0.25, 0.3) is 0 Å². The van der Waals surface area contributed by atoms with Crippen LogP contribution in [0.15, 0.2) is 22.9 Å². The van der Waals surface area contributed by atoms with Crippen LogP contribution in [0.1, 0.15) is 30.0 Å². The molecule has 2 heterocycles. The molecule has 2 aromatic heterocycles. The van der Waals surface area contributed by atoms with E-state index in [1.807, 2.05) is 22.9 Å². The Morgan fingerprint density at radius 3 is 3.18 bits per heavy atom. The van der Waals surface area contributed by atoms with Crippen LogP contribution in [0.3, 0.4) is 0 Å². The summed E-state index contributed by atoms with van der Waals surface area (Å²) in [7, 11) is 0. The Bertz CT molecular complexity index is 514. The molecule has 0 bridgehead atoms. The van der Waals surface area contributed by atoms with Gasteiger partial charge in [0.2, 0.25) is 5.91 Å². The second-order valence-electron chi connectivity index (χ2n) is 4.34. The van der Waals surface area contributed by atoms with Gasteiger partial charge in [0, 0.05) is 17.7 Å². The lowest BCUT2D eigenvalue weighted by molar-refractivity contribution is -0.115. The van der Waals surface area contributed by atoms with Crippen LogP contribution in [0, 0.1) is 0 Å². The predicted octanol–water partition coefficient (Wildman–Crippen LogP) is 2.53. The molecule has 0 atom stereocenters. The fraction of sp³-hybridized carbons (Fsp3) is 0.333. The predicted molar refractivity (Wildman–Crippen MR) is 67.2 cm³/mol. The summed E-state index contributed by atoms with van der Waals surface area (Å²) in [5, 5.41) is 13.8. The van der Waals surface area contributed by atoms with E-state index in [4.69, 9.17) is 0 Å². The summed E-state index contributed by atoms with van der Waals surface area (Å²) >= 11 is 1.60. The van der Waals surface area contributed by atoms with Gasteiger partial charge in [-0.3, -0.25) is 9.89 Å². The van der Waals surface area contributed by atoms with Gasteiger partial charge >= 0.3 is 0 Å². The number of hydrogen-bond acceptors (Lipinski definition) is 3. The molecule has 3 rings (SSSR count). The second kappa shape index (κ2) is 4.33. The van der Waals surface area contributed by atoms with Crippen LogP contribution < -0.4 is 5.32 Å². The van der Waals surface area contributed by atoms with Gasteiger partial charge in [-0.25, -0.2) is 0 Å². The maximum atomic E-state index is 11.7. The third-order valence-electron chi connectivity index (χ3n) is 2.83. The number of H-pyrrole nitrogens is 1. The van der Waals surface area contributed by atoms with E-state index < -0.39 is 0 Å². The molecule has 0 unspecified atom stereocenters. The van der Waals surface area contributed by atoms with Crippen LogP contribution in [0.25, 0.3) is 0 Å². The lowest BCUT2D eigenvalue weighted by Gasteiger charge is -1.99. The van der Waals surface area contributed by atoms with Gasteiger partial charge in [0.15, 0.2) is 5.82 Å². The molecule has 0 aliphatic heterocycles. The molecule has 1 fully saturated rings. The van der Waals surface area contributed by atoms with Gasteiger partial charge in [0.05, 0.1) is 6.42 Å². The Morgan fingerprint density at radius 2 is 2.47 bits per heavy atom. The Morgan fingerprint density at radius 1 is 1.59 bits per heavy atom. The molecule has 2 aromatic rings. The highest BCUT2D eigenvalue weighted by atomic mass is 32.1. The fourth-order valence-electron chi connectivity index (χ4n) is 1.77. The van der Waals surface area contributed by atoms with Gasteiger partial charge < -0.3 is 5.32 Å². The fourth-order valence-corrected chi connectivity index (χ4v) is 2.44. The zero-order valence-electron chi connectivity index (χ0n) is 9.27. The average molecular weight is 247 g/mol. The van der Waals surface area contributed by atoms with Gasteiger partial charge in [-0.2, -0.15) is 16.4 Å². The molecular formula is C12H13N3OS. The van der Waals surface area contributed by atoms with Crippen molar-refractivity contribution in [3.8, 4) is 0 Å². The van der Waals surface area contributed by atoms with Crippen molar-refractivity contribution < 1.29 is 4.79 Å². The molecule has 4 nitrogen and oxygen atoms in total. The largest absolute Gasteiger partial charge is 0.309 e. The summed E-state index contributed by atoms with van der Waals surface area (Å²) < 4.78 is 0. The molecule has 0 spiro atoms. The normalized spacial score (nSPS) is 14.8. The molecule has 5 heteroatoms. The number of amides is 1. The number of aromatic nitrogens is 2. The Hall–Kier alpha value is -1.62. The third kappa shape index (κ3) is 2.55. The highest BCUT2D eigenvalue weighted by molar-refractivity contribution is 7.08. The molecule has 1 aliphatic rings. The topological polar surface area (TPSA) is 57.8 Å². The summed E-state index contributed by atoms with van der Waals surface area (Å²) in [6, 6.07) is 3.90. The Kier molecular flexibility index (Phi) is 2.68. The number of carbonyl (C=O) groups is 1. The molecule has 17 heavy (non-hydrogen) atoms. The molecule has 0 aromatic carbocycles. The lowest BCUT2D eigenvalue weighted by atomic mass is 10.2. The van der Waals surface area contributed by atoms with Crippen molar-refractivity contribution in [1.29, 1.82) is 0 Å². The minimum absolute atomic E-state index is 0.0164. The van der Waals surface area contributed by atoms with Crippen LogP contribution >= 0.6 is 11.3 Å². The van der Waals surface area contributed by atoms with E-state index >= 15 is 0 Å². The van der Waals surface area contributed by atoms with Gasteiger partial charge in [-0.1, -0.05) is 0 Å². The summed E-state index contributed by atoms with van der Waals surface area (Å²) in [5.41, 5.74) is 2.18. The first-order chi connectivity index (χ1) is 8.31. The van der Waals surface area contributed by atoms with E-state index in [1.165, 1.54) is 12.8 Å². The van der Waals surface area contributed by atoms with Crippen molar-refractivity contribution in [2.75, 3.05) is 5.32 Å². The maximum Gasteiger partial charge on any atom is 0.230 e. The van der Waals surface area contributed by atoms with E-state index in [9.17, 15) is 4.79 Å². The van der Waals surface area contributed by atoms with Crippen LogP contribution in [0.2, 0.25) is 0 Å². The minimum atomic E-state index is -0.0164. The third-order valence-corrected chi connectivity index (χ3v) is 3.56. The van der Waals surface area contributed by atoms with Crippen LogP contribution in [0.5, 0.6) is 0 Å². The van der Waals surface area contributed by atoms with Crippen LogP contribution in [-0.4, -0.2) is 16.1 Å². The zero-order valence-corrected chi connectivity index (χ0v) is 10.1. The molecule has 1 aliphatic carbocycles. The Labute approximate surface area is 103 Å². The van der Waals surface area contributed by atoms with Crippen molar-refractivity contribution in [3.05, 3.63) is 34.2 Å². The quantitative estimate of drug-likeness (QED) is 0.872. The summed E-state index contributed by atoms with van der Waals surface area (Å²) in [5.74, 6) is 1.24. The number of nitrogens with one attached hydrogen (secondary N) is 2. The minimum Gasteiger partial charge on any atom is -0.309 e. The molecule has 88 valence electrons. The summed E-state index contributed by atoms with van der Waals surface area (Å²) in [6.07, 6.45) is 2.87. The lowest BCUT2D eigenvalue weighted by Crippen LogP contribution is -2.14. The number of thiophene rings is 1. The standard InChI is InChI=1S/C12H13N3OS/c16-12(5-8-3-4-17-7-8)13-11-6-10(14-15-11)9-1-2-9/h3-4,6-7,9H,1-2,5H2,(H2,13,14,15,16). The van der Waals surface area contributed by atoms with E-state index in [1.54, 1.807) is 11.3 Å². The van der Waals surface area contributed by atoms with Gasteiger partial charge in [0.1, 0.15) is 0 Å². The average Bonchev–Trinajstić information content (AvgIpc) is 2.84. The Balaban J connectivity index is 1.59. The van der Waals surface area contributed by atoms with E-state index in [-0.39, 0.29) is 5.91 Å². The van der Waals surface area contributed by atoms with Crippen molar-refractivity contribution in [3.63, 3.8) is 0 Å². The van der Waals surface area contributed by atoms with E-state index in [0.717, 1.165) is 11.3 Å². The van der Waals surface area contributed by atoms with E-state index in [0.29, 0.717) is 18.2 Å². The van der Waals surface area contributed by atoms with Crippen molar-refractivity contribution in [1.82, 2.24) is 10.2 Å². The van der Waals surface area contributed by atoms with Crippen molar-refractivity contribution in [2.24, 2.45) is 0 Å². The first kappa shape index (κ1) is 10.5. The van der Waals surface area contributed by atoms with Crippen LogP contribution in [-0.2, 0) is 11.2 Å². The number of anilines is 1. The monoisotopic (exact) mass is 247 g/mol. The van der Waals surface area contributed by atoms with Crippen LogP contribution in [0.4, 0.5) is 5.82 Å². The van der Waals surface area contributed by atoms with Gasteiger partial charge in [-0.15, -0.1) is 0 Å². The maximum absolute atomic E-state index is 11.7. The number of nitrogens with zero attached hydrogens (tertiary/aromatic N) is 1.